The molecule has 8 heteroatoms. The van der Waals surface area contributed by atoms with Gasteiger partial charge in [0.2, 0.25) is 0 Å². The Morgan fingerprint density at radius 1 is 1.11 bits per heavy atom. The number of sulfonamides is 1. The fourth-order valence-electron chi connectivity index (χ4n) is 2.53. The van der Waals surface area contributed by atoms with Gasteiger partial charge in [-0.25, -0.2) is 4.83 Å². The molecule has 27 heavy (non-hydrogen) atoms. The first-order chi connectivity index (χ1) is 12.8. The van der Waals surface area contributed by atoms with Crippen molar-refractivity contribution >= 4 is 32.2 Å². The van der Waals surface area contributed by atoms with E-state index in [-0.39, 0.29) is 4.90 Å². The number of nitrogens with zero attached hydrogens (tertiary/aromatic N) is 1. The molecule has 2 rings (SSSR count). The number of hydrogen-bond acceptors (Lipinski definition) is 5. The minimum atomic E-state index is -3.74. The van der Waals surface area contributed by atoms with Crippen LogP contribution < -0.4 is 14.3 Å². The topological polar surface area (TPSA) is 77.0 Å². The van der Waals surface area contributed by atoms with Crippen LogP contribution in [0.1, 0.15) is 30.5 Å². The maximum Gasteiger partial charge on any atom is 0.276 e. The lowest BCUT2D eigenvalue weighted by molar-refractivity contribution is 0.286. The van der Waals surface area contributed by atoms with E-state index in [9.17, 15) is 8.42 Å². The molecule has 0 fully saturated rings. The van der Waals surface area contributed by atoms with E-state index in [0.717, 1.165) is 5.56 Å². The third-order valence-electron chi connectivity index (χ3n) is 3.63. The molecule has 2 aromatic rings. The molecule has 0 atom stereocenters. The highest BCUT2D eigenvalue weighted by Gasteiger charge is 2.16. The van der Waals surface area contributed by atoms with Gasteiger partial charge in [0.05, 0.1) is 28.8 Å². The summed E-state index contributed by atoms with van der Waals surface area (Å²) in [5, 5.41) is 3.89. The van der Waals surface area contributed by atoms with Crippen molar-refractivity contribution in [2.24, 2.45) is 5.10 Å². The quantitative estimate of drug-likeness (QED) is 0.479. The first kappa shape index (κ1) is 21.2. The van der Waals surface area contributed by atoms with Crippen LogP contribution >= 0.6 is 15.9 Å². The molecule has 146 valence electrons. The Labute approximate surface area is 168 Å². The first-order valence-electron chi connectivity index (χ1n) is 8.49. The van der Waals surface area contributed by atoms with Gasteiger partial charge in [-0.1, -0.05) is 17.7 Å². The molecule has 0 radical (unpaired) electrons. The maximum absolute atomic E-state index is 12.5. The van der Waals surface area contributed by atoms with Gasteiger partial charge in [0.15, 0.2) is 11.5 Å². The number of halogens is 1. The lowest BCUT2D eigenvalue weighted by Crippen LogP contribution is -2.19. The zero-order valence-electron chi connectivity index (χ0n) is 15.7. The van der Waals surface area contributed by atoms with Crippen LogP contribution in [0.25, 0.3) is 0 Å². The third kappa shape index (κ3) is 5.46. The highest BCUT2D eigenvalue weighted by Crippen LogP contribution is 2.36. The molecule has 0 saturated heterocycles. The van der Waals surface area contributed by atoms with Gasteiger partial charge in [0.25, 0.3) is 10.0 Å². The van der Waals surface area contributed by atoms with E-state index in [1.165, 1.54) is 6.21 Å². The monoisotopic (exact) mass is 454 g/mol. The van der Waals surface area contributed by atoms with Crippen molar-refractivity contribution in [3.63, 3.8) is 0 Å². The molecule has 0 spiro atoms. The molecule has 1 N–H and O–H groups in total. The molecule has 0 saturated carbocycles. The molecule has 2 aromatic carbocycles. The molecule has 0 aromatic heterocycles. The number of nitrogens with one attached hydrogen (secondary N) is 1. The van der Waals surface area contributed by atoms with Crippen molar-refractivity contribution < 1.29 is 17.9 Å². The van der Waals surface area contributed by atoms with Crippen molar-refractivity contribution in [2.45, 2.75) is 32.6 Å². The van der Waals surface area contributed by atoms with Crippen LogP contribution in [0.3, 0.4) is 0 Å². The first-order valence-corrected chi connectivity index (χ1v) is 10.8. The Bertz CT molecular complexity index is 943. The number of aryl methyl sites for hydroxylation is 2. The fourth-order valence-corrected chi connectivity index (χ4v) is 4.12. The number of hydrogen-bond donors (Lipinski definition) is 1. The summed E-state index contributed by atoms with van der Waals surface area (Å²) >= 11 is 3.45. The second-order valence-corrected chi connectivity index (χ2v) is 8.30. The standard InChI is InChI=1S/C19H23BrN2O4S/c1-5-25-17-11-15(10-16(20)19(17)26-6-2)12-21-22-27(23,24)18-8-7-13(3)9-14(18)4/h7-12,22H,5-6H2,1-4H3/b21-12+. The van der Waals surface area contributed by atoms with Crippen molar-refractivity contribution in [3.8, 4) is 11.5 Å². The summed E-state index contributed by atoms with van der Waals surface area (Å²) in [4.78, 5) is 2.45. The highest BCUT2D eigenvalue weighted by atomic mass is 79.9. The molecule has 0 aliphatic heterocycles. The van der Waals surface area contributed by atoms with Gasteiger partial charge in [-0.2, -0.15) is 13.5 Å². The summed E-state index contributed by atoms with van der Waals surface area (Å²) in [7, 11) is -3.74. The van der Waals surface area contributed by atoms with Crippen molar-refractivity contribution in [1.82, 2.24) is 4.83 Å². The van der Waals surface area contributed by atoms with Crippen LogP contribution in [-0.2, 0) is 10.0 Å². The summed E-state index contributed by atoms with van der Waals surface area (Å²) in [6, 6.07) is 8.67. The van der Waals surface area contributed by atoms with Gasteiger partial charge in [0, 0.05) is 0 Å². The Morgan fingerprint density at radius 2 is 1.81 bits per heavy atom. The lowest BCUT2D eigenvalue weighted by Gasteiger charge is -2.13. The largest absolute Gasteiger partial charge is 0.490 e. The Morgan fingerprint density at radius 3 is 2.44 bits per heavy atom. The fraction of sp³-hybridized carbons (Fsp3) is 0.316. The Balaban J connectivity index is 2.24. The predicted molar refractivity (Wildman–Crippen MR) is 110 cm³/mol. The molecule has 0 unspecified atom stereocenters. The normalized spacial score (nSPS) is 11.6. The lowest BCUT2D eigenvalue weighted by atomic mass is 10.2. The van der Waals surface area contributed by atoms with Crippen LogP contribution in [0.15, 0.2) is 44.8 Å². The van der Waals surface area contributed by atoms with Crippen LogP contribution in [0.5, 0.6) is 11.5 Å². The van der Waals surface area contributed by atoms with E-state index in [1.54, 1.807) is 31.2 Å². The molecule has 0 aliphatic carbocycles. The minimum Gasteiger partial charge on any atom is -0.490 e. The van der Waals surface area contributed by atoms with Gasteiger partial charge in [-0.15, -0.1) is 0 Å². The average molecular weight is 455 g/mol. The number of ether oxygens (including phenoxy) is 2. The van der Waals surface area contributed by atoms with Crippen LogP contribution in [-0.4, -0.2) is 27.8 Å². The zero-order valence-corrected chi connectivity index (χ0v) is 18.1. The van der Waals surface area contributed by atoms with Crippen LogP contribution in [0.4, 0.5) is 0 Å². The van der Waals surface area contributed by atoms with E-state index in [4.69, 9.17) is 9.47 Å². The van der Waals surface area contributed by atoms with Crippen molar-refractivity contribution in [3.05, 3.63) is 51.5 Å². The van der Waals surface area contributed by atoms with E-state index in [2.05, 4.69) is 25.9 Å². The molecule has 0 heterocycles. The summed E-state index contributed by atoms with van der Waals surface area (Å²) in [6.45, 7) is 8.41. The zero-order chi connectivity index (χ0) is 20.0. The van der Waals surface area contributed by atoms with Crippen molar-refractivity contribution in [1.29, 1.82) is 0 Å². The highest BCUT2D eigenvalue weighted by molar-refractivity contribution is 9.10. The molecule has 0 bridgehead atoms. The summed E-state index contributed by atoms with van der Waals surface area (Å²) < 4.78 is 36.8. The number of hydrazone groups is 1. The average Bonchev–Trinajstić information content (AvgIpc) is 2.57. The van der Waals surface area contributed by atoms with Gasteiger partial charge in [-0.05, 0) is 73.0 Å². The molecule has 6 nitrogen and oxygen atoms in total. The molecular formula is C19H23BrN2O4S. The van der Waals surface area contributed by atoms with Crippen LogP contribution in [0, 0.1) is 13.8 Å². The second kappa shape index (κ2) is 9.23. The number of benzene rings is 2. The minimum absolute atomic E-state index is 0.202. The van der Waals surface area contributed by atoms with Gasteiger partial charge < -0.3 is 9.47 Å². The van der Waals surface area contributed by atoms with E-state index >= 15 is 0 Å². The van der Waals surface area contributed by atoms with Gasteiger partial charge in [0.1, 0.15) is 0 Å². The summed E-state index contributed by atoms with van der Waals surface area (Å²) in [5.74, 6) is 1.17. The second-order valence-electron chi connectivity index (χ2n) is 5.82. The molecule has 0 aliphatic rings. The van der Waals surface area contributed by atoms with Gasteiger partial charge in [-0.3, -0.25) is 0 Å². The number of rotatable bonds is 8. The van der Waals surface area contributed by atoms with Crippen molar-refractivity contribution in [2.75, 3.05) is 13.2 Å². The van der Waals surface area contributed by atoms with E-state index in [1.807, 2.05) is 26.8 Å². The van der Waals surface area contributed by atoms with Gasteiger partial charge >= 0.3 is 0 Å². The maximum atomic E-state index is 12.5. The molecular weight excluding hydrogens is 432 g/mol. The smallest absolute Gasteiger partial charge is 0.276 e. The summed E-state index contributed by atoms with van der Waals surface area (Å²) in [6.07, 6.45) is 1.42. The predicted octanol–water partition coefficient (Wildman–Crippen LogP) is 4.18. The SMILES string of the molecule is CCOc1cc(/C=N/NS(=O)(=O)c2ccc(C)cc2C)cc(Br)c1OCC. The van der Waals surface area contributed by atoms with E-state index < -0.39 is 10.0 Å². The molecule has 0 amide bonds. The Kier molecular flexibility index (Phi) is 7.26. The summed E-state index contributed by atoms with van der Waals surface area (Å²) in [5.41, 5.74) is 2.33. The van der Waals surface area contributed by atoms with E-state index in [0.29, 0.717) is 40.3 Å². The Hall–Kier alpha value is -2.06. The third-order valence-corrected chi connectivity index (χ3v) is 5.60. The van der Waals surface area contributed by atoms with Crippen LogP contribution in [0.2, 0.25) is 0 Å².